The molecule has 0 bridgehead atoms. The molecule has 0 saturated heterocycles. The Kier molecular flexibility index (Phi) is 4.09. The van der Waals surface area contributed by atoms with Crippen molar-refractivity contribution >= 4 is 17.4 Å². The maximum Gasteiger partial charge on any atom is 0.223 e. The molecule has 6 nitrogen and oxygen atoms in total. The molecule has 1 N–H and O–H groups in total. The minimum Gasteiger partial charge on any atom is -0.369 e. The van der Waals surface area contributed by atoms with Gasteiger partial charge >= 0.3 is 0 Å². The lowest BCUT2D eigenvalue weighted by Crippen LogP contribution is -2.10. The molecule has 0 atom stereocenters. The molecule has 0 saturated carbocycles. The van der Waals surface area contributed by atoms with Crippen molar-refractivity contribution < 1.29 is 4.52 Å². The number of nitrogens with one attached hydrogen (secondary N) is 1. The maximum atomic E-state index is 6.00. The topological polar surface area (TPSA) is 76.7 Å². The van der Waals surface area contributed by atoms with Crippen molar-refractivity contribution in [2.24, 2.45) is 0 Å². The van der Waals surface area contributed by atoms with Crippen LogP contribution >= 0.6 is 11.6 Å². The number of hydrogen-bond donors (Lipinski definition) is 1. The summed E-state index contributed by atoms with van der Waals surface area (Å²) in [6, 6.07) is 0. The molecule has 2 aromatic heterocycles. The largest absolute Gasteiger partial charge is 0.369 e. The Morgan fingerprint density at radius 1 is 1.39 bits per heavy atom. The van der Waals surface area contributed by atoms with Crippen molar-refractivity contribution in [1.82, 2.24) is 20.1 Å². The van der Waals surface area contributed by atoms with E-state index in [4.69, 9.17) is 16.1 Å². The average molecular weight is 268 g/mol. The highest BCUT2D eigenvalue weighted by molar-refractivity contribution is 6.30. The Bertz CT molecular complexity index is 528. The molecule has 0 aliphatic carbocycles. The summed E-state index contributed by atoms with van der Waals surface area (Å²) in [7, 11) is 0. The SMILES string of the molecule is CCc1c(Cl)ncnc1NCCc1noc(C)n1. The van der Waals surface area contributed by atoms with Gasteiger partial charge in [0.05, 0.1) is 0 Å². The van der Waals surface area contributed by atoms with Crippen molar-refractivity contribution in [3.63, 3.8) is 0 Å². The van der Waals surface area contributed by atoms with Gasteiger partial charge in [-0.25, -0.2) is 9.97 Å². The smallest absolute Gasteiger partial charge is 0.223 e. The molecule has 0 aliphatic heterocycles. The normalized spacial score (nSPS) is 10.6. The van der Waals surface area contributed by atoms with Gasteiger partial charge in [-0.3, -0.25) is 0 Å². The third-order valence-corrected chi connectivity index (χ3v) is 2.78. The number of anilines is 1. The van der Waals surface area contributed by atoms with E-state index < -0.39 is 0 Å². The Hall–Kier alpha value is -1.69. The fraction of sp³-hybridized carbons (Fsp3) is 0.455. The zero-order valence-corrected chi connectivity index (χ0v) is 11.0. The van der Waals surface area contributed by atoms with E-state index >= 15 is 0 Å². The van der Waals surface area contributed by atoms with Gasteiger partial charge in [-0.05, 0) is 6.42 Å². The summed E-state index contributed by atoms with van der Waals surface area (Å²) in [5.74, 6) is 2.01. The highest BCUT2D eigenvalue weighted by Gasteiger charge is 2.08. The van der Waals surface area contributed by atoms with Gasteiger partial charge < -0.3 is 9.84 Å². The predicted molar refractivity (Wildman–Crippen MR) is 67.6 cm³/mol. The molecule has 0 fully saturated rings. The van der Waals surface area contributed by atoms with Crippen LogP contribution in [0.3, 0.4) is 0 Å². The van der Waals surface area contributed by atoms with Gasteiger partial charge in [0.2, 0.25) is 5.89 Å². The number of rotatable bonds is 5. The van der Waals surface area contributed by atoms with Gasteiger partial charge in [0.15, 0.2) is 5.82 Å². The minimum absolute atomic E-state index is 0.491. The Morgan fingerprint density at radius 2 is 2.22 bits per heavy atom. The molecular formula is C11H14ClN5O. The third kappa shape index (κ3) is 2.95. The van der Waals surface area contributed by atoms with Crippen molar-refractivity contribution in [2.45, 2.75) is 26.7 Å². The molecule has 0 aromatic carbocycles. The molecular weight excluding hydrogens is 254 g/mol. The van der Waals surface area contributed by atoms with Crippen LogP contribution < -0.4 is 5.32 Å². The summed E-state index contributed by atoms with van der Waals surface area (Å²) in [6.45, 7) is 4.45. The fourth-order valence-electron chi connectivity index (χ4n) is 1.59. The maximum absolute atomic E-state index is 6.00. The van der Waals surface area contributed by atoms with Crippen LogP contribution in [0.25, 0.3) is 0 Å². The van der Waals surface area contributed by atoms with E-state index in [1.54, 1.807) is 6.92 Å². The standard InChI is InChI=1S/C11H14ClN5O/c1-3-8-10(12)14-6-15-11(8)13-5-4-9-16-7(2)18-17-9/h6H,3-5H2,1-2H3,(H,13,14,15). The average Bonchev–Trinajstić information content (AvgIpc) is 2.75. The predicted octanol–water partition coefficient (Wildman–Crippen LogP) is 2.04. The van der Waals surface area contributed by atoms with E-state index in [0.29, 0.717) is 29.8 Å². The summed E-state index contributed by atoms with van der Waals surface area (Å²) in [5, 5.41) is 7.52. The number of halogens is 1. The van der Waals surface area contributed by atoms with Gasteiger partial charge in [-0.1, -0.05) is 23.7 Å². The van der Waals surface area contributed by atoms with E-state index in [9.17, 15) is 0 Å². The molecule has 2 aromatic rings. The van der Waals surface area contributed by atoms with Crippen molar-refractivity contribution in [3.8, 4) is 0 Å². The number of aromatic nitrogens is 4. The fourth-order valence-corrected chi connectivity index (χ4v) is 1.86. The lowest BCUT2D eigenvalue weighted by atomic mass is 10.2. The van der Waals surface area contributed by atoms with Gasteiger partial charge in [0.25, 0.3) is 0 Å². The van der Waals surface area contributed by atoms with Crippen LogP contribution in [0.1, 0.15) is 24.2 Å². The first-order valence-corrected chi connectivity index (χ1v) is 6.11. The van der Waals surface area contributed by atoms with E-state index in [0.717, 1.165) is 17.8 Å². The molecule has 2 rings (SSSR count). The molecule has 0 spiro atoms. The number of hydrogen-bond acceptors (Lipinski definition) is 6. The Morgan fingerprint density at radius 3 is 2.89 bits per heavy atom. The van der Waals surface area contributed by atoms with Crippen LogP contribution in [0.15, 0.2) is 10.9 Å². The van der Waals surface area contributed by atoms with Crippen LogP contribution in [0.4, 0.5) is 5.82 Å². The Labute approximate surface area is 110 Å². The highest BCUT2D eigenvalue weighted by Crippen LogP contribution is 2.19. The van der Waals surface area contributed by atoms with Crippen LogP contribution in [0.5, 0.6) is 0 Å². The molecule has 0 unspecified atom stereocenters. The van der Waals surface area contributed by atoms with Gasteiger partial charge in [0.1, 0.15) is 17.3 Å². The highest BCUT2D eigenvalue weighted by atomic mass is 35.5. The summed E-state index contributed by atoms with van der Waals surface area (Å²) < 4.78 is 4.90. The molecule has 0 aliphatic rings. The van der Waals surface area contributed by atoms with E-state index in [2.05, 4.69) is 25.4 Å². The molecule has 0 amide bonds. The van der Waals surface area contributed by atoms with Gasteiger partial charge in [0, 0.05) is 25.5 Å². The second-order valence-corrected chi connectivity index (χ2v) is 4.11. The van der Waals surface area contributed by atoms with Crippen LogP contribution in [-0.2, 0) is 12.8 Å². The summed E-state index contributed by atoms with van der Waals surface area (Å²) in [4.78, 5) is 12.3. The summed E-state index contributed by atoms with van der Waals surface area (Å²) in [5.41, 5.74) is 0.920. The number of nitrogens with zero attached hydrogens (tertiary/aromatic N) is 4. The molecule has 0 radical (unpaired) electrons. The summed E-state index contributed by atoms with van der Waals surface area (Å²) in [6.07, 6.45) is 2.90. The lowest BCUT2D eigenvalue weighted by Gasteiger charge is -2.09. The first-order chi connectivity index (χ1) is 8.70. The molecule has 2 heterocycles. The van der Waals surface area contributed by atoms with E-state index in [1.807, 2.05) is 6.92 Å². The Balaban J connectivity index is 1.96. The lowest BCUT2D eigenvalue weighted by molar-refractivity contribution is 0.387. The van der Waals surface area contributed by atoms with Crippen molar-refractivity contribution in [1.29, 1.82) is 0 Å². The monoisotopic (exact) mass is 267 g/mol. The molecule has 18 heavy (non-hydrogen) atoms. The van der Waals surface area contributed by atoms with Crippen LogP contribution in [0.2, 0.25) is 5.15 Å². The number of aryl methyl sites for hydroxylation is 1. The summed E-state index contributed by atoms with van der Waals surface area (Å²) >= 11 is 6.00. The van der Waals surface area contributed by atoms with E-state index in [1.165, 1.54) is 6.33 Å². The van der Waals surface area contributed by atoms with Crippen molar-refractivity contribution in [3.05, 3.63) is 28.8 Å². The van der Waals surface area contributed by atoms with E-state index in [-0.39, 0.29) is 0 Å². The second-order valence-electron chi connectivity index (χ2n) is 3.75. The van der Waals surface area contributed by atoms with Crippen LogP contribution in [0, 0.1) is 6.92 Å². The minimum atomic E-state index is 0.491. The van der Waals surface area contributed by atoms with Gasteiger partial charge in [-0.15, -0.1) is 0 Å². The third-order valence-electron chi connectivity index (χ3n) is 2.46. The first-order valence-electron chi connectivity index (χ1n) is 5.73. The van der Waals surface area contributed by atoms with Crippen molar-refractivity contribution in [2.75, 3.05) is 11.9 Å². The zero-order valence-electron chi connectivity index (χ0n) is 10.3. The first kappa shape index (κ1) is 12.8. The molecule has 7 heteroatoms. The zero-order chi connectivity index (χ0) is 13.0. The van der Waals surface area contributed by atoms with Gasteiger partial charge in [-0.2, -0.15) is 4.98 Å². The van der Waals surface area contributed by atoms with Crippen LogP contribution in [-0.4, -0.2) is 26.7 Å². The second kappa shape index (κ2) is 5.77. The molecule has 96 valence electrons. The quantitative estimate of drug-likeness (QED) is 0.836.